The number of nitrogens with one attached hydrogen (secondary N) is 1. The minimum atomic E-state index is -4.27. The smallest absolute Gasteiger partial charge is 0.264 e. The molecule has 0 saturated heterocycles. The van der Waals surface area contributed by atoms with Crippen LogP contribution in [0.15, 0.2) is 82.2 Å². The van der Waals surface area contributed by atoms with Crippen molar-refractivity contribution in [2.24, 2.45) is 0 Å². The van der Waals surface area contributed by atoms with Gasteiger partial charge < -0.3 is 15.0 Å². The maximum Gasteiger partial charge on any atom is 0.264 e. The second kappa shape index (κ2) is 14.8. The Bertz CT molecular complexity index is 1480. The van der Waals surface area contributed by atoms with Crippen molar-refractivity contribution in [3.63, 3.8) is 0 Å². The molecule has 3 aromatic rings. The van der Waals surface area contributed by atoms with E-state index < -0.39 is 34.3 Å². The first kappa shape index (κ1) is 32.5. The summed E-state index contributed by atoms with van der Waals surface area (Å²) in [5.41, 5.74) is 0.892. The van der Waals surface area contributed by atoms with Gasteiger partial charge in [0.25, 0.3) is 10.0 Å². The number of halogens is 2. The highest BCUT2D eigenvalue weighted by atomic mass is 79.9. The van der Waals surface area contributed by atoms with Gasteiger partial charge in [-0.15, -0.1) is 0 Å². The molecule has 1 atom stereocenters. The molecule has 1 saturated carbocycles. The Morgan fingerprint density at radius 1 is 0.977 bits per heavy atom. The molecule has 11 heteroatoms. The fourth-order valence-corrected chi connectivity index (χ4v) is 6.75. The molecule has 1 unspecified atom stereocenters. The molecule has 0 bridgehead atoms. The summed E-state index contributed by atoms with van der Waals surface area (Å²) in [6.07, 6.45) is 4.99. The predicted octanol–water partition coefficient (Wildman–Crippen LogP) is 6.05. The normalized spacial score (nSPS) is 14.5. The van der Waals surface area contributed by atoms with E-state index in [-0.39, 0.29) is 29.1 Å². The molecule has 1 aliphatic carbocycles. The standard InChI is InChI=1S/C32H37BrFN3O5S/c1-3-42-29-17-19-30(20-18-29)43(40,41)37(28-15-13-26(34)14-16-28)22-31(38)36(21-24-9-11-25(33)12-10-24)23(2)32(39)35-27-7-5-4-6-8-27/h9-20,23,27H,3-8,21-22H2,1-2H3,(H,35,39). The monoisotopic (exact) mass is 673 g/mol. The van der Waals surface area contributed by atoms with Crippen molar-refractivity contribution in [3.8, 4) is 5.75 Å². The van der Waals surface area contributed by atoms with E-state index in [9.17, 15) is 22.4 Å². The molecular weight excluding hydrogens is 637 g/mol. The van der Waals surface area contributed by atoms with Crippen LogP contribution in [-0.2, 0) is 26.2 Å². The van der Waals surface area contributed by atoms with Gasteiger partial charge in [0.2, 0.25) is 11.8 Å². The first-order valence-corrected chi connectivity index (χ1v) is 16.7. The SMILES string of the molecule is CCOc1ccc(S(=O)(=O)N(CC(=O)N(Cc2ccc(Br)cc2)C(C)C(=O)NC2CCCCC2)c2ccc(F)cc2)cc1. The lowest BCUT2D eigenvalue weighted by Crippen LogP contribution is -2.53. The van der Waals surface area contributed by atoms with E-state index in [0.29, 0.717) is 12.4 Å². The van der Waals surface area contributed by atoms with Crippen LogP contribution in [0.3, 0.4) is 0 Å². The molecule has 0 radical (unpaired) electrons. The molecule has 0 heterocycles. The Kier molecular flexibility index (Phi) is 11.2. The number of hydrogen-bond donors (Lipinski definition) is 1. The van der Waals surface area contributed by atoms with Crippen molar-refractivity contribution in [1.29, 1.82) is 0 Å². The van der Waals surface area contributed by atoms with Gasteiger partial charge in [-0.25, -0.2) is 12.8 Å². The molecule has 1 fully saturated rings. The van der Waals surface area contributed by atoms with Crippen molar-refractivity contribution in [2.75, 3.05) is 17.5 Å². The van der Waals surface area contributed by atoms with Crippen LogP contribution in [0, 0.1) is 5.82 Å². The number of anilines is 1. The van der Waals surface area contributed by atoms with Crippen LogP contribution >= 0.6 is 15.9 Å². The zero-order valence-electron chi connectivity index (χ0n) is 24.3. The Morgan fingerprint density at radius 3 is 2.21 bits per heavy atom. The number of sulfonamides is 1. The number of amides is 2. The van der Waals surface area contributed by atoms with Gasteiger partial charge >= 0.3 is 0 Å². The molecule has 2 amide bonds. The maximum absolute atomic E-state index is 14.1. The zero-order chi connectivity index (χ0) is 31.0. The number of benzene rings is 3. The zero-order valence-corrected chi connectivity index (χ0v) is 26.7. The first-order valence-electron chi connectivity index (χ1n) is 14.4. The van der Waals surface area contributed by atoms with E-state index in [0.717, 1.165) is 58.6 Å². The van der Waals surface area contributed by atoms with Gasteiger partial charge in [-0.2, -0.15) is 0 Å². The number of hydrogen-bond acceptors (Lipinski definition) is 5. The van der Waals surface area contributed by atoms with E-state index in [2.05, 4.69) is 21.2 Å². The van der Waals surface area contributed by atoms with Crippen LogP contribution in [0.5, 0.6) is 5.75 Å². The van der Waals surface area contributed by atoms with Gasteiger partial charge in [-0.3, -0.25) is 13.9 Å². The molecular formula is C32H37BrFN3O5S. The number of carbonyl (C=O) groups excluding carboxylic acids is 2. The lowest BCUT2D eigenvalue weighted by Gasteiger charge is -2.33. The summed E-state index contributed by atoms with van der Waals surface area (Å²) < 4.78 is 49.0. The van der Waals surface area contributed by atoms with E-state index in [4.69, 9.17) is 4.74 Å². The van der Waals surface area contributed by atoms with E-state index in [1.165, 1.54) is 29.2 Å². The minimum absolute atomic E-state index is 0.0454. The summed E-state index contributed by atoms with van der Waals surface area (Å²) in [4.78, 5) is 28.8. The van der Waals surface area contributed by atoms with Crippen molar-refractivity contribution in [2.45, 2.75) is 69.5 Å². The molecule has 43 heavy (non-hydrogen) atoms. The first-order chi connectivity index (χ1) is 20.6. The molecule has 1 N–H and O–H groups in total. The summed E-state index contributed by atoms with van der Waals surface area (Å²) in [7, 11) is -4.27. The highest BCUT2D eigenvalue weighted by Gasteiger charge is 2.33. The highest BCUT2D eigenvalue weighted by Crippen LogP contribution is 2.27. The number of rotatable bonds is 12. The minimum Gasteiger partial charge on any atom is -0.494 e. The molecule has 0 aromatic heterocycles. The van der Waals surface area contributed by atoms with Gasteiger partial charge in [-0.05, 0) is 92.9 Å². The lowest BCUT2D eigenvalue weighted by atomic mass is 9.95. The highest BCUT2D eigenvalue weighted by molar-refractivity contribution is 9.10. The average Bonchev–Trinajstić information content (AvgIpc) is 3.00. The molecule has 4 rings (SSSR count). The Morgan fingerprint density at radius 2 is 1.60 bits per heavy atom. The average molecular weight is 675 g/mol. The predicted molar refractivity (Wildman–Crippen MR) is 168 cm³/mol. The van der Waals surface area contributed by atoms with E-state index in [1.807, 2.05) is 31.2 Å². The van der Waals surface area contributed by atoms with Crippen LogP contribution in [0.1, 0.15) is 51.5 Å². The van der Waals surface area contributed by atoms with Crippen molar-refractivity contribution in [1.82, 2.24) is 10.2 Å². The lowest BCUT2D eigenvalue weighted by molar-refractivity contribution is -0.139. The third-order valence-corrected chi connectivity index (χ3v) is 9.82. The number of nitrogens with zero attached hydrogens (tertiary/aromatic N) is 2. The summed E-state index contributed by atoms with van der Waals surface area (Å²) in [6, 6.07) is 17.3. The maximum atomic E-state index is 14.1. The van der Waals surface area contributed by atoms with Crippen LogP contribution in [-0.4, -0.2) is 50.4 Å². The fourth-order valence-electron chi connectivity index (χ4n) is 5.08. The van der Waals surface area contributed by atoms with Gasteiger partial charge in [0.05, 0.1) is 17.2 Å². The van der Waals surface area contributed by atoms with Crippen molar-refractivity contribution in [3.05, 3.63) is 88.6 Å². The quantitative estimate of drug-likeness (QED) is 0.253. The van der Waals surface area contributed by atoms with Crippen LogP contribution in [0.25, 0.3) is 0 Å². The molecule has 1 aliphatic rings. The Balaban J connectivity index is 1.66. The van der Waals surface area contributed by atoms with Crippen molar-refractivity contribution < 1.29 is 27.1 Å². The summed E-state index contributed by atoms with van der Waals surface area (Å²) >= 11 is 3.42. The molecule has 3 aromatic carbocycles. The topological polar surface area (TPSA) is 96.0 Å². The van der Waals surface area contributed by atoms with Gasteiger partial charge in [0.1, 0.15) is 24.2 Å². The molecule has 230 valence electrons. The van der Waals surface area contributed by atoms with E-state index in [1.54, 1.807) is 19.1 Å². The number of carbonyl (C=O) groups is 2. The van der Waals surface area contributed by atoms with Gasteiger partial charge in [0, 0.05) is 17.1 Å². The fraction of sp³-hybridized carbons (Fsp3) is 0.375. The molecule has 8 nitrogen and oxygen atoms in total. The van der Waals surface area contributed by atoms with Crippen LogP contribution < -0.4 is 14.4 Å². The van der Waals surface area contributed by atoms with E-state index >= 15 is 0 Å². The summed E-state index contributed by atoms with van der Waals surface area (Å²) in [6.45, 7) is 3.38. The summed E-state index contributed by atoms with van der Waals surface area (Å²) in [5, 5.41) is 3.09. The Hall–Kier alpha value is -3.44. The van der Waals surface area contributed by atoms with Crippen molar-refractivity contribution >= 4 is 43.5 Å². The van der Waals surface area contributed by atoms with Crippen LogP contribution in [0.4, 0.5) is 10.1 Å². The second-order valence-electron chi connectivity index (χ2n) is 10.6. The second-order valence-corrected chi connectivity index (χ2v) is 13.3. The third kappa shape index (κ3) is 8.57. The molecule has 0 spiro atoms. The largest absolute Gasteiger partial charge is 0.494 e. The van der Waals surface area contributed by atoms with Gasteiger partial charge in [0.15, 0.2) is 0 Å². The van der Waals surface area contributed by atoms with Crippen LogP contribution in [0.2, 0.25) is 0 Å². The number of ether oxygens (including phenoxy) is 1. The van der Waals surface area contributed by atoms with Gasteiger partial charge in [-0.1, -0.05) is 47.3 Å². The summed E-state index contributed by atoms with van der Waals surface area (Å²) in [5.74, 6) is -0.907. The third-order valence-electron chi connectivity index (χ3n) is 7.50. The Labute approximate surface area is 261 Å². The molecule has 0 aliphatic heterocycles.